The van der Waals surface area contributed by atoms with E-state index < -0.39 is 6.04 Å². The van der Waals surface area contributed by atoms with E-state index in [9.17, 15) is 9.18 Å². The van der Waals surface area contributed by atoms with Gasteiger partial charge in [0.1, 0.15) is 17.6 Å². The highest BCUT2D eigenvalue weighted by atomic mass is 19.1. The summed E-state index contributed by atoms with van der Waals surface area (Å²) in [7, 11) is 3.53. The smallest absolute Gasteiger partial charge is 0.242 e. The molecule has 0 unspecified atom stereocenters. The minimum atomic E-state index is -0.465. The molecule has 1 saturated carbocycles. The van der Waals surface area contributed by atoms with Crippen LogP contribution >= 0.6 is 0 Å². The third-order valence-corrected chi connectivity index (χ3v) is 4.36. The van der Waals surface area contributed by atoms with Gasteiger partial charge in [0.25, 0.3) is 0 Å². The molecule has 1 amide bonds. The quantitative estimate of drug-likeness (QED) is 0.839. The molecule has 0 heterocycles. The molecule has 0 radical (unpaired) electrons. The van der Waals surface area contributed by atoms with E-state index in [0.717, 1.165) is 29.7 Å². The summed E-state index contributed by atoms with van der Waals surface area (Å²) < 4.78 is 18.5. The second-order valence-electron chi connectivity index (χ2n) is 6.50. The van der Waals surface area contributed by atoms with Crippen molar-refractivity contribution in [2.75, 3.05) is 14.2 Å². The highest BCUT2D eigenvalue weighted by molar-refractivity contribution is 5.83. The maximum absolute atomic E-state index is 13.3. The van der Waals surface area contributed by atoms with Gasteiger partial charge in [-0.15, -0.1) is 0 Å². The summed E-state index contributed by atoms with van der Waals surface area (Å²) in [6.45, 7) is 0.581. The molecule has 0 bridgehead atoms. The lowest BCUT2D eigenvalue weighted by molar-refractivity contribution is -0.126. The van der Waals surface area contributed by atoms with E-state index in [-0.39, 0.29) is 17.8 Å². The first kappa shape index (κ1) is 17.4. The molecule has 2 aromatic rings. The van der Waals surface area contributed by atoms with Crippen LogP contribution in [0.3, 0.4) is 0 Å². The van der Waals surface area contributed by atoms with E-state index in [0.29, 0.717) is 6.54 Å². The zero-order valence-corrected chi connectivity index (χ0v) is 14.5. The van der Waals surface area contributed by atoms with Crippen LogP contribution in [0.15, 0.2) is 48.5 Å². The number of methoxy groups -OCH3 is 1. The van der Waals surface area contributed by atoms with E-state index in [2.05, 4.69) is 5.32 Å². The molecule has 25 heavy (non-hydrogen) atoms. The number of benzene rings is 2. The van der Waals surface area contributed by atoms with Crippen LogP contribution in [0.1, 0.15) is 30.0 Å². The Morgan fingerprint density at radius 3 is 2.64 bits per heavy atom. The van der Waals surface area contributed by atoms with E-state index >= 15 is 0 Å². The third-order valence-electron chi connectivity index (χ3n) is 4.36. The van der Waals surface area contributed by atoms with Crippen molar-refractivity contribution in [3.63, 3.8) is 0 Å². The van der Waals surface area contributed by atoms with E-state index in [1.165, 1.54) is 12.1 Å². The highest BCUT2D eigenvalue weighted by Gasteiger charge is 2.30. The molecular formula is C20H23FN2O2. The van der Waals surface area contributed by atoms with Crippen LogP contribution in [0, 0.1) is 5.82 Å². The largest absolute Gasteiger partial charge is 0.497 e. The van der Waals surface area contributed by atoms with Crippen LogP contribution in [0.25, 0.3) is 0 Å². The fourth-order valence-corrected chi connectivity index (χ4v) is 2.91. The number of likely N-dealkylation sites (N-methyl/N-ethyl adjacent to an activating group) is 1. The number of nitrogens with one attached hydrogen (secondary N) is 1. The molecule has 132 valence electrons. The first-order chi connectivity index (χ1) is 12.1. The van der Waals surface area contributed by atoms with Gasteiger partial charge in [-0.1, -0.05) is 24.3 Å². The van der Waals surface area contributed by atoms with Crippen LogP contribution in [0.2, 0.25) is 0 Å². The van der Waals surface area contributed by atoms with Gasteiger partial charge >= 0.3 is 0 Å². The number of carbonyl (C=O) groups excluding carboxylic acids is 1. The van der Waals surface area contributed by atoms with Gasteiger partial charge in [0.05, 0.1) is 7.11 Å². The number of hydrogen-bond acceptors (Lipinski definition) is 3. The Morgan fingerprint density at radius 1 is 1.28 bits per heavy atom. The standard InChI is InChI=1S/C20H23FN2O2/c1-23(13-14-4-3-5-18(12-14)25-2)19(20(24)22-17-10-11-17)15-6-8-16(21)9-7-15/h3-9,12,17,19H,10-11,13H2,1-2H3,(H,22,24)/t19-/m0/s1. The number of nitrogens with zero attached hydrogens (tertiary/aromatic N) is 1. The maximum atomic E-state index is 13.3. The number of amides is 1. The zero-order valence-electron chi connectivity index (χ0n) is 14.5. The van der Waals surface area contributed by atoms with E-state index in [1.54, 1.807) is 19.2 Å². The van der Waals surface area contributed by atoms with Crippen molar-refractivity contribution in [2.24, 2.45) is 0 Å². The molecule has 1 fully saturated rings. The van der Waals surface area contributed by atoms with Gasteiger partial charge in [0.15, 0.2) is 0 Å². The molecular weight excluding hydrogens is 319 g/mol. The van der Waals surface area contributed by atoms with Gasteiger partial charge in [-0.2, -0.15) is 0 Å². The second-order valence-corrected chi connectivity index (χ2v) is 6.50. The Kier molecular flexibility index (Phi) is 5.34. The Morgan fingerprint density at radius 2 is 2.00 bits per heavy atom. The number of ether oxygens (including phenoxy) is 1. The fraction of sp³-hybridized carbons (Fsp3) is 0.350. The summed E-state index contributed by atoms with van der Waals surface area (Å²) in [6, 6.07) is 13.7. The lowest BCUT2D eigenvalue weighted by Crippen LogP contribution is -2.39. The van der Waals surface area contributed by atoms with Crippen molar-refractivity contribution in [2.45, 2.75) is 31.5 Å². The Labute approximate surface area is 147 Å². The van der Waals surface area contributed by atoms with Gasteiger partial charge < -0.3 is 10.1 Å². The molecule has 1 N–H and O–H groups in total. The van der Waals surface area contributed by atoms with Crippen molar-refractivity contribution < 1.29 is 13.9 Å². The number of halogens is 1. The molecule has 0 spiro atoms. The summed E-state index contributed by atoms with van der Waals surface area (Å²) in [6.07, 6.45) is 2.06. The predicted molar refractivity (Wildman–Crippen MR) is 94.8 cm³/mol. The second kappa shape index (κ2) is 7.66. The van der Waals surface area contributed by atoms with Crippen LogP contribution in [0.5, 0.6) is 5.75 Å². The summed E-state index contributed by atoms with van der Waals surface area (Å²) >= 11 is 0. The lowest BCUT2D eigenvalue weighted by atomic mass is 10.0. The molecule has 1 aliphatic carbocycles. The SMILES string of the molecule is COc1cccc(CN(C)[C@H](C(=O)NC2CC2)c2ccc(F)cc2)c1. The van der Waals surface area contributed by atoms with Gasteiger partial charge in [-0.3, -0.25) is 9.69 Å². The van der Waals surface area contributed by atoms with Crippen molar-refractivity contribution in [1.29, 1.82) is 0 Å². The summed E-state index contributed by atoms with van der Waals surface area (Å²) in [4.78, 5) is 14.7. The van der Waals surface area contributed by atoms with Gasteiger partial charge in [0.2, 0.25) is 5.91 Å². The van der Waals surface area contributed by atoms with Crippen LogP contribution in [-0.2, 0) is 11.3 Å². The minimum absolute atomic E-state index is 0.0421. The topological polar surface area (TPSA) is 41.6 Å². The normalized spacial score (nSPS) is 15.0. The van der Waals surface area contributed by atoms with Crippen molar-refractivity contribution >= 4 is 5.91 Å². The molecule has 0 saturated heterocycles. The van der Waals surface area contributed by atoms with Crippen molar-refractivity contribution in [1.82, 2.24) is 10.2 Å². The molecule has 1 aliphatic rings. The third kappa shape index (κ3) is 4.57. The molecule has 4 nitrogen and oxygen atoms in total. The van der Waals surface area contributed by atoms with Crippen LogP contribution < -0.4 is 10.1 Å². The highest BCUT2D eigenvalue weighted by Crippen LogP contribution is 2.26. The predicted octanol–water partition coefficient (Wildman–Crippen LogP) is 3.29. The summed E-state index contributed by atoms with van der Waals surface area (Å²) in [5, 5.41) is 3.06. The maximum Gasteiger partial charge on any atom is 0.242 e. The van der Waals surface area contributed by atoms with Gasteiger partial charge in [-0.05, 0) is 55.3 Å². The van der Waals surface area contributed by atoms with Gasteiger partial charge in [0, 0.05) is 12.6 Å². The number of rotatable bonds is 7. The molecule has 1 atom stereocenters. The van der Waals surface area contributed by atoms with Crippen molar-refractivity contribution in [3.05, 3.63) is 65.5 Å². The summed E-state index contributed by atoms with van der Waals surface area (Å²) in [5.74, 6) is 0.437. The van der Waals surface area contributed by atoms with E-state index in [4.69, 9.17) is 4.74 Å². The van der Waals surface area contributed by atoms with Crippen LogP contribution in [0.4, 0.5) is 4.39 Å². The number of hydrogen-bond donors (Lipinski definition) is 1. The first-order valence-corrected chi connectivity index (χ1v) is 8.46. The lowest BCUT2D eigenvalue weighted by Gasteiger charge is -2.28. The number of carbonyl (C=O) groups is 1. The Hall–Kier alpha value is -2.40. The molecule has 2 aromatic carbocycles. The Balaban J connectivity index is 1.81. The van der Waals surface area contributed by atoms with E-state index in [1.807, 2.05) is 36.2 Å². The summed E-state index contributed by atoms with van der Waals surface area (Å²) in [5.41, 5.74) is 1.83. The van der Waals surface area contributed by atoms with Gasteiger partial charge in [-0.25, -0.2) is 4.39 Å². The molecule has 0 aromatic heterocycles. The average Bonchev–Trinajstić information content (AvgIpc) is 3.41. The molecule has 0 aliphatic heterocycles. The fourth-order valence-electron chi connectivity index (χ4n) is 2.91. The Bertz CT molecular complexity index is 729. The average molecular weight is 342 g/mol. The first-order valence-electron chi connectivity index (χ1n) is 8.46. The minimum Gasteiger partial charge on any atom is -0.497 e. The molecule has 5 heteroatoms. The molecule has 3 rings (SSSR count). The van der Waals surface area contributed by atoms with Crippen molar-refractivity contribution in [3.8, 4) is 5.75 Å². The van der Waals surface area contributed by atoms with Crippen LogP contribution in [-0.4, -0.2) is 31.0 Å². The monoisotopic (exact) mass is 342 g/mol. The zero-order chi connectivity index (χ0) is 17.8.